The SMILES string of the molecule is CCNC(=NCc1ccc(Br)s1)NCc1nc(C(C)C)cs1.I. The average Bonchev–Trinajstić information content (AvgIpc) is 3.11. The molecule has 0 unspecified atom stereocenters. The van der Waals surface area contributed by atoms with Crippen LogP contribution in [0, 0.1) is 0 Å². The fourth-order valence-electron chi connectivity index (χ4n) is 1.77. The van der Waals surface area contributed by atoms with Gasteiger partial charge in [0.15, 0.2) is 5.96 Å². The maximum absolute atomic E-state index is 4.63. The molecular weight excluding hydrogens is 507 g/mol. The number of nitrogens with one attached hydrogen (secondary N) is 2. The van der Waals surface area contributed by atoms with E-state index in [9.17, 15) is 0 Å². The standard InChI is InChI=1S/C15H21BrN4S2.HI/c1-4-17-15(18-7-11-5-6-13(16)22-11)19-8-14-20-12(9-21-14)10(2)3;/h5-6,9-10H,4,7-8H2,1-3H3,(H2,17,18,19);1H. The molecule has 0 bridgehead atoms. The Kier molecular flexibility index (Phi) is 9.64. The number of hydrogen-bond donors (Lipinski definition) is 2. The quantitative estimate of drug-likeness (QED) is 0.316. The molecule has 0 radical (unpaired) electrons. The third-order valence-electron chi connectivity index (χ3n) is 2.93. The average molecular weight is 529 g/mol. The normalized spacial score (nSPS) is 11.4. The van der Waals surface area contributed by atoms with Gasteiger partial charge in [-0.15, -0.1) is 46.7 Å². The Balaban J connectivity index is 0.00000264. The molecule has 2 aromatic heterocycles. The summed E-state index contributed by atoms with van der Waals surface area (Å²) >= 11 is 6.88. The number of rotatable bonds is 6. The number of aliphatic imine (C=N–C) groups is 1. The van der Waals surface area contributed by atoms with Crippen LogP contribution in [0.15, 0.2) is 26.3 Å². The number of thiazole rings is 1. The highest BCUT2D eigenvalue weighted by Crippen LogP contribution is 2.22. The number of nitrogens with zero attached hydrogens (tertiary/aromatic N) is 2. The first-order valence-electron chi connectivity index (χ1n) is 7.29. The summed E-state index contributed by atoms with van der Waals surface area (Å²) in [5.74, 6) is 1.30. The fraction of sp³-hybridized carbons (Fsp3) is 0.467. The topological polar surface area (TPSA) is 49.3 Å². The smallest absolute Gasteiger partial charge is 0.191 e. The van der Waals surface area contributed by atoms with Crippen LogP contribution in [0.2, 0.25) is 0 Å². The molecule has 0 aromatic carbocycles. The van der Waals surface area contributed by atoms with Gasteiger partial charge in [-0.25, -0.2) is 9.98 Å². The van der Waals surface area contributed by atoms with Gasteiger partial charge >= 0.3 is 0 Å². The second-order valence-corrected chi connectivity index (χ2v) is 8.57. The fourth-order valence-corrected chi connectivity index (χ4v) is 4.07. The van der Waals surface area contributed by atoms with Crippen LogP contribution in [0.5, 0.6) is 0 Å². The van der Waals surface area contributed by atoms with E-state index in [-0.39, 0.29) is 24.0 Å². The lowest BCUT2D eigenvalue weighted by atomic mass is 10.2. The Bertz CT molecular complexity index is 625. The zero-order valence-electron chi connectivity index (χ0n) is 13.4. The van der Waals surface area contributed by atoms with Crippen molar-refractivity contribution >= 4 is 68.5 Å². The Morgan fingerprint density at radius 2 is 2.13 bits per heavy atom. The molecule has 0 aliphatic carbocycles. The molecule has 0 atom stereocenters. The van der Waals surface area contributed by atoms with Crippen molar-refractivity contribution in [3.63, 3.8) is 0 Å². The van der Waals surface area contributed by atoms with Gasteiger partial charge in [0.1, 0.15) is 5.01 Å². The Morgan fingerprint density at radius 3 is 2.70 bits per heavy atom. The molecule has 2 N–H and O–H groups in total. The van der Waals surface area contributed by atoms with E-state index < -0.39 is 0 Å². The molecule has 0 saturated carbocycles. The summed E-state index contributed by atoms with van der Waals surface area (Å²) < 4.78 is 1.14. The van der Waals surface area contributed by atoms with E-state index in [0.29, 0.717) is 19.0 Å². The molecule has 4 nitrogen and oxygen atoms in total. The number of aromatic nitrogens is 1. The summed E-state index contributed by atoms with van der Waals surface area (Å²) in [5.41, 5.74) is 1.16. The molecule has 0 aliphatic heterocycles. The van der Waals surface area contributed by atoms with E-state index >= 15 is 0 Å². The Hall–Kier alpha value is -0.190. The first-order chi connectivity index (χ1) is 10.6. The van der Waals surface area contributed by atoms with Crippen molar-refractivity contribution in [1.29, 1.82) is 0 Å². The van der Waals surface area contributed by atoms with Crippen molar-refractivity contribution in [3.05, 3.63) is 36.9 Å². The van der Waals surface area contributed by atoms with Crippen LogP contribution in [0.25, 0.3) is 0 Å². The van der Waals surface area contributed by atoms with Gasteiger partial charge in [-0.2, -0.15) is 0 Å². The van der Waals surface area contributed by atoms with Crippen LogP contribution >= 0.6 is 62.6 Å². The van der Waals surface area contributed by atoms with Crippen molar-refractivity contribution in [2.24, 2.45) is 4.99 Å². The second kappa shape index (κ2) is 10.6. The zero-order chi connectivity index (χ0) is 15.9. The van der Waals surface area contributed by atoms with Gasteiger partial charge in [0.2, 0.25) is 0 Å². The number of guanidine groups is 1. The summed E-state index contributed by atoms with van der Waals surface area (Å²) in [5, 5.41) is 9.84. The summed E-state index contributed by atoms with van der Waals surface area (Å²) in [7, 11) is 0. The predicted molar refractivity (Wildman–Crippen MR) is 115 cm³/mol. The van der Waals surface area contributed by atoms with E-state index in [1.54, 1.807) is 22.7 Å². The van der Waals surface area contributed by atoms with Gasteiger partial charge in [-0.3, -0.25) is 0 Å². The molecule has 0 aliphatic rings. The van der Waals surface area contributed by atoms with E-state index in [1.807, 2.05) is 0 Å². The van der Waals surface area contributed by atoms with Gasteiger partial charge in [0.25, 0.3) is 0 Å². The Labute approximate surface area is 171 Å². The van der Waals surface area contributed by atoms with Gasteiger partial charge < -0.3 is 10.6 Å². The largest absolute Gasteiger partial charge is 0.357 e. The minimum atomic E-state index is 0. The third-order valence-corrected chi connectivity index (χ3v) is 5.41. The first-order valence-corrected chi connectivity index (χ1v) is 9.78. The minimum absolute atomic E-state index is 0. The molecule has 0 fully saturated rings. The minimum Gasteiger partial charge on any atom is -0.357 e. The van der Waals surface area contributed by atoms with Gasteiger partial charge in [-0.1, -0.05) is 13.8 Å². The maximum atomic E-state index is 4.63. The molecular formula is C15H22BrIN4S2. The van der Waals surface area contributed by atoms with E-state index in [4.69, 9.17) is 0 Å². The van der Waals surface area contributed by atoms with Crippen molar-refractivity contribution in [2.45, 2.75) is 39.8 Å². The van der Waals surface area contributed by atoms with E-state index in [1.165, 1.54) is 4.88 Å². The predicted octanol–water partition coefficient (Wildman–Crippen LogP) is 4.96. The summed E-state index contributed by atoms with van der Waals surface area (Å²) in [6, 6.07) is 4.15. The van der Waals surface area contributed by atoms with Crippen LogP contribution in [0.1, 0.15) is 42.3 Å². The third kappa shape index (κ3) is 7.06. The molecule has 23 heavy (non-hydrogen) atoms. The summed E-state index contributed by atoms with van der Waals surface area (Å²) in [6.07, 6.45) is 0. The van der Waals surface area contributed by atoms with Crippen molar-refractivity contribution in [2.75, 3.05) is 6.54 Å². The van der Waals surface area contributed by atoms with Crippen LogP contribution in [-0.2, 0) is 13.1 Å². The molecule has 0 amide bonds. The van der Waals surface area contributed by atoms with Crippen molar-refractivity contribution in [1.82, 2.24) is 15.6 Å². The molecule has 128 valence electrons. The van der Waals surface area contributed by atoms with E-state index in [0.717, 1.165) is 27.0 Å². The summed E-state index contributed by atoms with van der Waals surface area (Å²) in [6.45, 7) is 8.63. The van der Waals surface area contributed by atoms with E-state index in [2.05, 4.69) is 74.8 Å². The van der Waals surface area contributed by atoms with Gasteiger partial charge in [0, 0.05) is 16.8 Å². The second-order valence-electron chi connectivity index (χ2n) is 5.08. The lowest BCUT2D eigenvalue weighted by molar-refractivity contribution is 0.788. The highest BCUT2D eigenvalue weighted by Gasteiger charge is 2.06. The molecule has 2 aromatic rings. The number of hydrogen-bond acceptors (Lipinski definition) is 4. The lowest BCUT2D eigenvalue weighted by Crippen LogP contribution is -2.36. The highest BCUT2D eigenvalue weighted by molar-refractivity contribution is 14.0. The highest BCUT2D eigenvalue weighted by atomic mass is 127. The Morgan fingerprint density at radius 1 is 1.35 bits per heavy atom. The number of halogens is 2. The van der Waals surface area contributed by atoms with Crippen molar-refractivity contribution in [3.8, 4) is 0 Å². The molecule has 2 heterocycles. The van der Waals surface area contributed by atoms with Gasteiger partial charge in [-0.05, 0) is 40.9 Å². The monoisotopic (exact) mass is 528 g/mol. The maximum Gasteiger partial charge on any atom is 0.191 e. The molecule has 2 rings (SSSR count). The molecule has 8 heteroatoms. The molecule has 0 saturated heterocycles. The van der Waals surface area contributed by atoms with Gasteiger partial charge in [0.05, 0.1) is 22.6 Å². The van der Waals surface area contributed by atoms with Crippen LogP contribution in [0.4, 0.5) is 0 Å². The van der Waals surface area contributed by atoms with Crippen LogP contribution in [0.3, 0.4) is 0 Å². The van der Waals surface area contributed by atoms with Crippen LogP contribution in [-0.4, -0.2) is 17.5 Å². The summed E-state index contributed by atoms with van der Waals surface area (Å²) in [4.78, 5) is 10.5. The van der Waals surface area contributed by atoms with Crippen molar-refractivity contribution < 1.29 is 0 Å². The van der Waals surface area contributed by atoms with Crippen LogP contribution < -0.4 is 10.6 Å². The zero-order valence-corrected chi connectivity index (χ0v) is 19.0. The molecule has 0 spiro atoms. The number of thiophene rings is 1. The lowest BCUT2D eigenvalue weighted by Gasteiger charge is -2.09. The first kappa shape index (κ1) is 20.9.